The van der Waals surface area contributed by atoms with Crippen molar-refractivity contribution in [3.8, 4) is 0 Å². The minimum absolute atomic E-state index is 0.0828. The van der Waals surface area contributed by atoms with Crippen LogP contribution in [0.3, 0.4) is 0 Å². The van der Waals surface area contributed by atoms with Crippen LogP contribution in [0.1, 0.15) is 47.5 Å². The van der Waals surface area contributed by atoms with Gasteiger partial charge >= 0.3 is 0 Å². The van der Waals surface area contributed by atoms with Gasteiger partial charge in [0.25, 0.3) is 0 Å². The topological polar surface area (TPSA) is 40.6 Å². The lowest BCUT2D eigenvalue weighted by Gasteiger charge is -2.34. The molecule has 0 radical (unpaired) electrons. The highest BCUT2D eigenvalue weighted by Crippen LogP contribution is 2.26. The van der Waals surface area contributed by atoms with Crippen molar-refractivity contribution in [2.45, 2.75) is 47.5 Å². The molecule has 0 aliphatic rings. The highest BCUT2D eigenvalue weighted by Gasteiger charge is 2.41. The maximum absolute atomic E-state index is 13.0. The summed E-state index contributed by atoms with van der Waals surface area (Å²) in [4.78, 5) is 29.5. The number of anilines is 1. The summed E-state index contributed by atoms with van der Waals surface area (Å²) >= 11 is 0. The van der Waals surface area contributed by atoms with Gasteiger partial charge in [0.1, 0.15) is 5.41 Å². The average Bonchev–Trinajstić information content (AvgIpc) is 2.55. The number of nitrogens with zero attached hydrogens (tertiary/aromatic N) is 2. The maximum Gasteiger partial charge on any atom is 0.242 e. The number of carbonyl (C=O) groups excluding carboxylic acids is 2. The van der Waals surface area contributed by atoms with Crippen molar-refractivity contribution >= 4 is 17.5 Å². The average molecular weight is 318 g/mol. The van der Waals surface area contributed by atoms with Crippen molar-refractivity contribution in [2.75, 3.05) is 24.5 Å². The monoisotopic (exact) mass is 318 g/mol. The van der Waals surface area contributed by atoms with Crippen LogP contribution in [-0.4, -0.2) is 36.3 Å². The Morgan fingerprint density at radius 3 is 1.87 bits per heavy atom. The first-order valence-electron chi connectivity index (χ1n) is 8.56. The highest BCUT2D eigenvalue weighted by molar-refractivity contribution is 6.11. The molecule has 2 amide bonds. The van der Waals surface area contributed by atoms with Gasteiger partial charge in [-0.2, -0.15) is 0 Å². The molecular formula is C19H30N2O2. The first-order valence-corrected chi connectivity index (χ1v) is 8.56. The van der Waals surface area contributed by atoms with E-state index in [1.807, 2.05) is 56.0 Å². The molecule has 4 nitrogen and oxygen atoms in total. The Balaban J connectivity index is 3.04. The molecule has 0 aromatic heterocycles. The number of hydrogen-bond donors (Lipinski definition) is 0. The summed E-state index contributed by atoms with van der Waals surface area (Å²) in [5.74, 6) is -0.228. The van der Waals surface area contributed by atoms with Crippen molar-refractivity contribution in [1.29, 1.82) is 0 Å². The van der Waals surface area contributed by atoms with Gasteiger partial charge in [0.2, 0.25) is 11.8 Å². The zero-order valence-corrected chi connectivity index (χ0v) is 15.1. The maximum atomic E-state index is 13.0. The molecule has 0 spiro atoms. The van der Waals surface area contributed by atoms with Crippen LogP contribution in [-0.2, 0) is 9.59 Å². The molecule has 1 rings (SSSR count). The summed E-state index contributed by atoms with van der Waals surface area (Å²) in [6, 6.07) is 9.53. The number of benzene rings is 1. The molecular weight excluding hydrogens is 288 g/mol. The fraction of sp³-hybridized carbons (Fsp3) is 0.579. The summed E-state index contributed by atoms with van der Waals surface area (Å²) in [5, 5.41) is 0. The standard InChI is InChI=1S/C19H30N2O2/c1-6-14-20(15-7-2)17(22)19(4,5)18(23)21(8-3)16-12-10-9-11-13-16/h9-13H,6-8,14-15H2,1-5H3. The molecule has 0 aliphatic heterocycles. The van der Waals surface area contributed by atoms with E-state index in [0.29, 0.717) is 19.6 Å². The molecule has 1 aromatic carbocycles. The second-order valence-electron chi connectivity index (χ2n) is 6.30. The number of carbonyl (C=O) groups is 2. The predicted octanol–water partition coefficient (Wildman–Crippen LogP) is 3.71. The Bertz CT molecular complexity index is 505. The number of rotatable bonds is 8. The minimum Gasteiger partial charge on any atom is -0.342 e. The Kier molecular flexibility index (Phi) is 7.27. The first kappa shape index (κ1) is 19.2. The lowest BCUT2D eigenvalue weighted by molar-refractivity contribution is -0.147. The summed E-state index contributed by atoms with van der Waals surface area (Å²) < 4.78 is 0. The fourth-order valence-electron chi connectivity index (χ4n) is 2.73. The zero-order valence-electron chi connectivity index (χ0n) is 15.1. The molecule has 0 atom stereocenters. The third-order valence-electron chi connectivity index (χ3n) is 3.97. The van der Waals surface area contributed by atoms with Crippen molar-refractivity contribution in [3.63, 3.8) is 0 Å². The quantitative estimate of drug-likeness (QED) is 0.686. The Morgan fingerprint density at radius 2 is 1.43 bits per heavy atom. The van der Waals surface area contributed by atoms with Crippen LogP contribution in [0.15, 0.2) is 30.3 Å². The Morgan fingerprint density at radius 1 is 0.913 bits per heavy atom. The van der Waals surface area contributed by atoms with E-state index in [1.165, 1.54) is 0 Å². The van der Waals surface area contributed by atoms with Crippen LogP contribution in [0.4, 0.5) is 5.69 Å². The van der Waals surface area contributed by atoms with E-state index in [2.05, 4.69) is 0 Å². The van der Waals surface area contributed by atoms with Gasteiger partial charge in [0.15, 0.2) is 0 Å². The van der Waals surface area contributed by atoms with Crippen LogP contribution in [0, 0.1) is 5.41 Å². The molecule has 0 bridgehead atoms. The van der Waals surface area contributed by atoms with Crippen molar-refractivity contribution in [1.82, 2.24) is 4.90 Å². The molecule has 128 valence electrons. The van der Waals surface area contributed by atoms with Crippen molar-refractivity contribution < 1.29 is 9.59 Å². The van der Waals surface area contributed by atoms with E-state index in [4.69, 9.17) is 0 Å². The molecule has 0 saturated carbocycles. The van der Waals surface area contributed by atoms with Crippen molar-refractivity contribution in [2.24, 2.45) is 5.41 Å². The van der Waals surface area contributed by atoms with Gasteiger partial charge in [-0.1, -0.05) is 32.0 Å². The van der Waals surface area contributed by atoms with Gasteiger partial charge in [0, 0.05) is 25.3 Å². The van der Waals surface area contributed by atoms with Gasteiger partial charge < -0.3 is 9.80 Å². The number of amides is 2. The van der Waals surface area contributed by atoms with Gasteiger partial charge in [0.05, 0.1) is 0 Å². The molecule has 4 heteroatoms. The Labute approximate surface area is 140 Å². The van der Waals surface area contributed by atoms with Crippen LogP contribution >= 0.6 is 0 Å². The second kappa shape index (κ2) is 8.70. The van der Waals surface area contributed by atoms with Crippen molar-refractivity contribution in [3.05, 3.63) is 30.3 Å². The Hall–Kier alpha value is -1.84. The summed E-state index contributed by atoms with van der Waals surface area (Å²) in [5.41, 5.74) is -0.227. The zero-order chi connectivity index (χ0) is 17.5. The molecule has 0 N–H and O–H groups in total. The van der Waals surface area contributed by atoms with Gasteiger partial charge in [-0.25, -0.2) is 0 Å². The van der Waals surface area contributed by atoms with E-state index < -0.39 is 5.41 Å². The minimum atomic E-state index is -1.06. The fourth-order valence-corrected chi connectivity index (χ4v) is 2.73. The normalized spacial score (nSPS) is 11.2. The summed E-state index contributed by atoms with van der Waals surface area (Å²) in [6.07, 6.45) is 1.79. The van der Waals surface area contributed by atoms with E-state index in [0.717, 1.165) is 18.5 Å². The SMILES string of the molecule is CCCN(CCC)C(=O)C(C)(C)C(=O)N(CC)c1ccccc1. The van der Waals surface area contributed by atoms with Crippen LogP contribution in [0.25, 0.3) is 0 Å². The number of para-hydroxylation sites is 1. The van der Waals surface area contributed by atoms with E-state index in [9.17, 15) is 9.59 Å². The van der Waals surface area contributed by atoms with E-state index >= 15 is 0 Å². The van der Waals surface area contributed by atoms with Crippen LogP contribution in [0.5, 0.6) is 0 Å². The highest BCUT2D eigenvalue weighted by atomic mass is 16.2. The summed E-state index contributed by atoms with van der Waals surface area (Å²) in [6.45, 7) is 11.4. The first-order chi connectivity index (χ1) is 10.9. The second-order valence-corrected chi connectivity index (χ2v) is 6.30. The molecule has 1 aromatic rings. The molecule has 0 saturated heterocycles. The smallest absolute Gasteiger partial charge is 0.242 e. The van der Waals surface area contributed by atoms with Gasteiger partial charge in [-0.3, -0.25) is 9.59 Å². The van der Waals surface area contributed by atoms with Gasteiger partial charge in [-0.15, -0.1) is 0 Å². The molecule has 23 heavy (non-hydrogen) atoms. The van der Waals surface area contributed by atoms with E-state index in [1.54, 1.807) is 18.7 Å². The third kappa shape index (κ3) is 4.57. The largest absolute Gasteiger partial charge is 0.342 e. The summed E-state index contributed by atoms with van der Waals surface area (Å²) in [7, 11) is 0. The molecule has 0 unspecified atom stereocenters. The molecule has 0 heterocycles. The molecule has 0 fully saturated rings. The predicted molar refractivity (Wildman–Crippen MR) is 95.4 cm³/mol. The lowest BCUT2D eigenvalue weighted by atomic mass is 9.89. The van der Waals surface area contributed by atoms with E-state index in [-0.39, 0.29) is 11.8 Å². The lowest BCUT2D eigenvalue weighted by Crippen LogP contribution is -2.51. The number of hydrogen-bond acceptors (Lipinski definition) is 2. The third-order valence-corrected chi connectivity index (χ3v) is 3.97. The van der Waals surface area contributed by atoms with Crippen LogP contribution < -0.4 is 4.90 Å². The molecule has 0 aliphatic carbocycles. The van der Waals surface area contributed by atoms with Crippen LogP contribution in [0.2, 0.25) is 0 Å². The van der Waals surface area contributed by atoms with Gasteiger partial charge in [-0.05, 0) is 45.7 Å².